The minimum atomic E-state index is 0.00169. The Kier molecular flexibility index (Phi) is 3.69. The normalized spacial score (nSPS) is 30.6. The average Bonchev–Trinajstić information content (AvgIpc) is 2.88. The zero-order chi connectivity index (χ0) is 11.4. The molecule has 2 amide bonds. The summed E-state index contributed by atoms with van der Waals surface area (Å²) in [4.78, 5) is 11.6. The summed E-state index contributed by atoms with van der Waals surface area (Å²) in [5.74, 6) is 0. The van der Waals surface area contributed by atoms with Crippen molar-refractivity contribution in [2.45, 2.75) is 57.0 Å². The summed E-state index contributed by atoms with van der Waals surface area (Å²) in [6.45, 7) is 3.98. The molecule has 16 heavy (non-hydrogen) atoms. The van der Waals surface area contributed by atoms with Crippen molar-refractivity contribution in [2.24, 2.45) is 0 Å². The summed E-state index contributed by atoms with van der Waals surface area (Å²) < 4.78 is 0. The van der Waals surface area contributed by atoms with Crippen molar-refractivity contribution in [1.29, 1.82) is 0 Å². The zero-order valence-corrected chi connectivity index (χ0v) is 10.1. The fraction of sp³-hybridized carbons (Fsp3) is 0.917. The first kappa shape index (κ1) is 11.7. The minimum Gasteiger partial charge on any atom is -0.336 e. The van der Waals surface area contributed by atoms with Crippen LogP contribution in [0.5, 0.6) is 0 Å². The van der Waals surface area contributed by atoms with E-state index < -0.39 is 0 Å². The highest BCUT2D eigenvalue weighted by molar-refractivity contribution is 5.74. The van der Waals surface area contributed by atoms with Crippen molar-refractivity contribution in [2.75, 3.05) is 13.1 Å². The van der Waals surface area contributed by atoms with Crippen LogP contribution in [0.25, 0.3) is 0 Å². The summed E-state index contributed by atoms with van der Waals surface area (Å²) in [5.41, 5.74) is 0.104. The van der Waals surface area contributed by atoms with Crippen LogP contribution in [-0.2, 0) is 0 Å². The molecule has 1 saturated carbocycles. The third-order valence-electron chi connectivity index (χ3n) is 3.79. The van der Waals surface area contributed by atoms with Crippen LogP contribution in [0.15, 0.2) is 0 Å². The first-order valence-corrected chi connectivity index (χ1v) is 6.47. The molecular weight excluding hydrogens is 202 g/mol. The van der Waals surface area contributed by atoms with Crippen molar-refractivity contribution >= 4 is 6.03 Å². The number of rotatable bonds is 3. The highest BCUT2D eigenvalue weighted by Gasteiger charge is 2.28. The highest BCUT2D eigenvalue weighted by Crippen LogP contribution is 2.18. The Morgan fingerprint density at radius 3 is 2.75 bits per heavy atom. The molecule has 0 radical (unpaired) electrons. The standard InChI is InChI=1S/C12H23N3O/c1-12(7-4-8-14-12)9-13-11(16)15-10-5-2-3-6-10/h10,14H,2-9H2,1H3,(H2,13,15,16). The predicted octanol–water partition coefficient (Wildman–Crippen LogP) is 1.37. The molecule has 0 aromatic heterocycles. The van der Waals surface area contributed by atoms with Crippen LogP contribution in [0, 0.1) is 0 Å². The Hall–Kier alpha value is -0.770. The number of amides is 2. The molecule has 4 heteroatoms. The Morgan fingerprint density at radius 2 is 2.12 bits per heavy atom. The van der Waals surface area contributed by atoms with Gasteiger partial charge in [0, 0.05) is 18.1 Å². The van der Waals surface area contributed by atoms with Gasteiger partial charge >= 0.3 is 6.03 Å². The first-order valence-electron chi connectivity index (χ1n) is 6.47. The molecule has 1 aliphatic heterocycles. The van der Waals surface area contributed by atoms with Gasteiger partial charge in [0.1, 0.15) is 0 Å². The molecular formula is C12H23N3O. The third kappa shape index (κ3) is 3.11. The van der Waals surface area contributed by atoms with Gasteiger partial charge in [-0.1, -0.05) is 12.8 Å². The number of hydrogen-bond donors (Lipinski definition) is 3. The van der Waals surface area contributed by atoms with Gasteiger partial charge in [0.25, 0.3) is 0 Å². The fourth-order valence-corrected chi connectivity index (χ4v) is 2.69. The maximum absolute atomic E-state index is 11.6. The van der Waals surface area contributed by atoms with E-state index in [1.165, 1.54) is 19.3 Å². The minimum absolute atomic E-state index is 0.00169. The van der Waals surface area contributed by atoms with Gasteiger partial charge in [0.2, 0.25) is 0 Å². The molecule has 92 valence electrons. The van der Waals surface area contributed by atoms with Gasteiger partial charge in [-0.15, -0.1) is 0 Å². The van der Waals surface area contributed by atoms with E-state index in [1.54, 1.807) is 0 Å². The molecule has 0 aromatic rings. The maximum Gasteiger partial charge on any atom is 0.315 e. The van der Waals surface area contributed by atoms with Gasteiger partial charge in [0.15, 0.2) is 0 Å². The second kappa shape index (κ2) is 5.04. The van der Waals surface area contributed by atoms with Crippen molar-refractivity contribution in [3.8, 4) is 0 Å². The lowest BCUT2D eigenvalue weighted by Crippen LogP contribution is -2.51. The van der Waals surface area contributed by atoms with Crippen molar-refractivity contribution in [1.82, 2.24) is 16.0 Å². The molecule has 2 rings (SSSR count). The molecule has 2 fully saturated rings. The Morgan fingerprint density at radius 1 is 1.38 bits per heavy atom. The highest BCUT2D eigenvalue weighted by atomic mass is 16.2. The maximum atomic E-state index is 11.6. The lowest BCUT2D eigenvalue weighted by atomic mass is 10.0. The van der Waals surface area contributed by atoms with Gasteiger partial charge in [-0.25, -0.2) is 4.79 Å². The van der Waals surface area contributed by atoms with Gasteiger partial charge in [-0.3, -0.25) is 0 Å². The Balaban J connectivity index is 1.66. The summed E-state index contributed by atoms with van der Waals surface area (Å²) >= 11 is 0. The van der Waals surface area contributed by atoms with Crippen molar-refractivity contribution in [3.05, 3.63) is 0 Å². The van der Waals surface area contributed by atoms with Crippen LogP contribution in [0.1, 0.15) is 45.4 Å². The lowest BCUT2D eigenvalue weighted by Gasteiger charge is -2.25. The summed E-state index contributed by atoms with van der Waals surface area (Å²) in [5, 5.41) is 9.46. The molecule has 3 N–H and O–H groups in total. The molecule has 0 aromatic carbocycles. The van der Waals surface area contributed by atoms with Gasteiger partial charge in [-0.2, -0.15) is 0 Å². The number of nitrogens with one attached hydrogen (secondary N) is 3. The zero-order valence-electron chi connectivity index (χ0n) is 10.1. The molecule has 2 aliphatic rings. The second-order valence-corrected chi connectivity index (χ2v) is 5.40. The van der Waals surface area contributed by atoms with Crippen LogP contribution in [0.3, 0.4) is 0 Å². The van der Waals surface area contributed by atoms with Crippen LogP contribution in [0.4, 0.5) is 4.79 Å². The van der Waals surface area contributed by atoms with Crippen LogP contribution in [0.2, 0.25) is 0 Å². The summed E-state index contributed by atoms with van der Waals surface area (Å²) in [7, 11) is 0. The van der Waals surface area contributed by atoms with E-state index in [0.29, 0.717) is 6.04 Å². The molecule has 1 atom stereocenters. The van der Waals surface area contributed by atoms with Crippen LogP contribution in [-0.4, -0.2) is 30.7 Å². The predicted molar refractivity (Wildman–Crippen MR) is 64.4 cm³/mol. The SMILES string of the molecule is CC1(CNC(=O)NC2CCCC2)CCCN1. The largest absolute Gasteiger partial charge is 0.336 e. The quantitative estimate of drug-likeness (QED) is 0.679. The molecule has 1 saturated heterocycles. The number of carbonyl (C=O) groups excluding carboxylic acids is 1. The van der Waals surface area contributed by atoms with Crippen LogP contribution < -0.4 is 16.0 Å². The fourth-order valence-electron chi connectivity index (χ4n) is 2.69. The molecule has 1 unspecified atom stereocenters. The van der Waals surface area contributed by atoms with Gasteiger partial charge < -0.3 is 16.0 Å². The number of hydrogen-bond acceptors (Lipinski definition) is 2. The van der Waals surface area contributed by atoms with E-state index >= 15 is 0 Å². The van der Waals surface area contributed by atoms with Gasteiger partial charge in [0.05, 0.1) is 0 Å². The number of urea groups is 1. The Labute approximate surface area is 97.6 Å². The first-order chi connectivity index (χ1) is 7.68. The van der Waals surface area contributed by atoms with Crippen LogP contribution >= 0.6 is 0 Å². The van der Waals surface area contributed by atoms with Gasteiger partial charge in [-0.05, 0) is 39.2 Å². The van der Waals surface area contributed by atoms with E-state index in [-0.39, 0.29) is 11.6 Å². The number of carbonyl (C=O) groups is 1. The van der Waals surface area contributed by atoms with E-state index in [0.717, 1.165) is 32.4 Å². The van der Waals surface area contributed by atoms with Crippen molar-refractivity contribution < 1.29 is 4.79 Å². The molecule has 1 heterocycles. The third-order valence-corrected chi connectivity index (χ3v) is 3.79. The average molecular weight is 225 g/mol. The summed E-state index contributed by atoms with van der Waals surface area (Å²) in [6.07, 6.45) is 7.15. The smallest absolute Gasteiger partial charge is 0.315 e. The monoisotopic (exact) mass is 225 g/mol. The van der Waals surface area contributed by atoms with E-state index in [9.17, 15) is 4.79 Å². The molecule has 0 spiro atoms. The van der Waals surface area contributed by atoms with E-state index in [4.69, 9.17) is 0 Å². The summed E-state index contributed by atoms with van der Waals surface area (Å²) in [6, 6.07) is 0.408. The van der Waals surface area contributed by atoms with Crippen molar-refractivity contribution in [3.63, 3.8) is 0 Å². The topological polar surface area (TPSA) is 53.2 Å². The molecule has 4 nitrogen and oxygen atoms in total. The van der Waals surface area contributed by atoms with E-state index in [1.807, 2.05) is 0 Å². The molecule has 0 bridgehead atoms. The second-order valence-electron chi connectivity index (χ2n) is 5.40. The van der Waals surface area contributed by atoms with E-state index in [2.05, 4.69) is 22.9 Å². The Bertz CT molecular complexity index is 243. The molecule has 1 aliphatic carbocycles. The lowest BCUT2D eigenvalue weighted by molar-refractivity contribution is 0.233.